The Bertz CT molecular complexity index is 1070. The molecule has 6 heteroatoms. The minimum Gasteiger partial charge on any atom is -0.495 e. The van der Waals surface area contributed by atoms with Crippen LogP contribution in [0.1, 0.15) is 28.4 Å². The maximum Gasteiger partial charge on any atom is 0.244 e. The molecule has 5 nitrogen and oxygen atoms in total. The number of carbonyl (C=O) groups excluding carboxylic acids is 1. The molecular formula is C23H22FN3O2. The zero-order valence-electron chi connectivity index (χ0n) is 16.3. The van der Waals surface area contributed by atoms with Gasteiger partial charge in [0, 0.05) is 18.7 Å². The lowest BCUT2D eigenvalue weighted by molar-refractivity contribution is -0.117. The van der Waals surface area contributed by atoms with Crippen molar-refractivity contribution in [1.82, 2.24) is 14.9 Å². The Morgan fingerprint density at radius 1 is 1.31 bits per heavy atom. The lowest BCUT2D eigenvalue weighted by Gasteiger charge is -2.15. The zero-order valence-corrected chi connectivity index (χ0v) is 16.3. The van der Waals surface area contributed by atoms with Crippen LogP contribution < -0.4 is 10.1 Å². The monoisotopic (exact) mass is 391 g/mol. The average Bonchev–Trinajstić information content (AvgIpc) is 3.29. The third-order valence-corrected chi connectivity index (χ3v) is 5.09. The van der Waals surface area contributed by atoms with Crippen molar-refractivity contribution in [3.8, 4) is 11.4 Å². The summed E-state index contributed by atoms with van der Waals surface area (Å²) in [4.78, 5) is 16.6. The second-order valence-corrected chi connectivity index (χ2v) is 7.09. The molecule has 1 unspecified atom stereocenters. The minimum atomic E-state index is -1.11. The van der Waals surface area contributed by atoms with Gasteiger partial charge in [0.05, 0.1) is 30.9 Å². The van der Waals surface area contributed by atoms with Gasteiger partial charge in [-0.25, -0.2) is 9.37 Å². The van der Waals surface area contributed by atoms with E-state index in [1.807, 2.05) is 60.2 Å². The van der Waals surface area contributed by atoms with Gasteiger partial charge < -0.3 is 14.6 Å². The number of alkyl halides is 1. The predicted molar refractivity (Wildman–Crippen MR) is 110 cm³/mol. The second-order valence-electron chi connectivity index (χ2n) is 7.09. The summed E-state index contributed by atoms with van der Waals surface area (Å²) in [5.41, 5.74) is 4.37. The highest BCUT2D eigenvalue weighted by molar-refractivity contribution is 5.92. The van der Waals surface area contributed by atoms with Gasteiger partial charge in [-0.1, -0.05) is 30.3 Å². The highest BCUT2D eigenvalue weighted by atomic mass is 19.1. The van der Waals surface area contributed by atoms with E-state index in [4.69, 9.17) is 4.74 Å². The lowest BCUT2D eigenvalue weighted by Crippen LogP contribution is -2.30. The fourth-order valence-electron chi connectivity index (χ4n) is 3.65. The molecule has 0 saturated carbocycles. The number of ether oxygens (including phenoxy) is 1. The Kier molecular flexibility index (Phi) is 5.16. The number of nitrogens with zero attached hydrogens (tertiary/aromatic N) is 2. The first kappa shape index (κ1) is 18.9. The number of halogens is 1. The molecule has 0 bridgehead atoms. The molecule has 1 aliphatic rings. The van der Waals surface area contributed by atoms with Crippen LogP contribution >= 0.6 is 0 Å². The predicted octanol–water partition coefficient (Wildman–Crippen LogP) is 3.95. The van der Waals surface area contributed by atoms with Gasteiger partial charge in [-0.3, -0.25) is 4.79 Å². The largest absolute Gasteiger partial charge is 0.495 e. The molecule has 1 N–H and O–H groups in total. The molecule has 1 amide bonds. The van der Waals surface area contributed by atoms with E-state index in [2.05, 4.69) is 10.3 Å². The van der Waals surface area contributed by atoms with E-state index >= 15 is 0 Å². The molecular weight excluding hydrogens is 369 g/mol. The van der Waals surface area contributed by atoms with Gasteiger partial charge in [0.2, 0.25) is 5.91 Å². The van der Waals surface area contributed by atoms with Crippen LogP contribution in [-0.4, -0.2) is 28.7 Å². The molecule has 4 rings (SSSR count). The Morgan fingerprint density at radius 3 is 2.90 bits per heavy atom. The fraction of sp³-hybridized carbons (Fsp3) is 0.217. The number of nitrogens with one attached hydrogen (secondary N) is 1. The molecule has 148 valence electrons. The van der Waals surface area contributed by atoms with Crippen LogP contribution in [-0.2, 0) is 11.2 Å². The van der Waals surface area contributed by atoms with Crippen molar-refractivity contribution >= 4 is 12.0 Å². The summed E-state index contributed by atoms with van der Waals surface area (Å²) >= 11 is 0. The molecule has 0 saturated heterocycles. The molecule has 3 aromatic rings. The molecule has 1 aromatic heterocycles. The van der Waals surface area contributed by atoms with Gasteiger partial charge in [-0.15, -0.1) is 0 Å². The third-order valence-electron chi connectivity index (χ3n) is 5.09. The fourth-order valence-corrected chi connectivity index (χ4v) is 3.65. The summed E-state index contributed by atoms with van der Waals surface area (Å²) in [5, 5.41) is 2.78. The topological polar surface area (TPSA) is 56.1 Å². The maximum absolute atomic E-state index is 14.3. The van der Waals surface area contributed by atoms with E-state index in [9.17, 15) is 9.18 Å². The van der Waals surface area contributed by atoms with Gasteiger partial charge in [0.1, 0.15) is 11.9 Å². The second kappa shape index (κ2) is 7.91. The number of methoxy groups -OCH3 is 1. The Labute approximate surface area is 168 Å². The van der Waals surface area contributed by atoms with E-state index in [-0.39, 0.29) is 5.91 Å². The summed E-state index contributed by atoms with van der Waals surface area (Å²) in [6.07, 6.45) is 5.97. The first-order chi connectivity index (χ1) is 14.0. The number of hydrogen-bond acceptors (Lipinski definition) is 3. The molecule has 1 heterocycles. The Balaban J connectivity index is 1.48. The number of fused-ring (bicyclic) bond motifs is 1. The van der Waals surface area contributed by atoms with Crippen molar-refractivity contribution in [1.29, 1.82) is 0 Å². The first-order valence-corrected chi connectivity index (χ1v) is 9.44. The zero-order chi connectivity index (χ0) is 20.4. The van der Waals surface area contributed by atoms with Gasteiger partial charge in [0.15, 0.2) is 0 Å². The van der Waals surface area contributed by atoms with E-state index in [0.29, 0.717) is 12.2 Å². The van der Waals surface area contributed by atoms with Crippen molar-refractivity contribution in [2.75, 3.05) is 7.11 Å². The first-order valence-electron chi connectivity index (χ1n) is 9.44. The number of rotatable bonds is 5. The number of aromatic nitrogens is 2. The number of imidazole rings is 1. The maximum atomic E-state index is 14.3. The van der Waals surface area contributed by atoms with Gasteiger partial charge in [-0.05, 0) is 41.8 Å². The van der Waals surface area contributed by atoms with Crippen LogP contribution in [0.5, 0.6) is 5.75 Å². The summed E-state index contributed by atoms with van der Waals surface area (Å²) in [7, 11) is 1.60. The molecule has 2 aromatic carbocycles. The number of carbonyl (C=O) groups is 1. The van der Waals surface area contributed by atoms with E-state index in [1.54, 1.807) is 19.5 Å². The van der Waals surface area contributed by atoms with Gasteiger partial charge >= 0.3 is 0 Å². The lowest BCUT2D eigenvalue weighted by atomic mass is 10.1. The van der Waals surface area contributed by atoms with Crippen molar-refractivity contribution in [3.05, 3.63) is 83.4 Å². The van der Waals surface area contributed by atoms with E-state index < -0.39 is 12.2 Å². The van der Waals surface area contributed by atoms with Crippen LogP contribution in [0.15, 0.2) is 61.1 Å². The molecule has 29 heavy (non-hydrogen) atoms. The molecule has 1 aliphatic carbocycles. The Morgan fingerprint density at radius 2 is 2.14 bits per heavy atom. The Hall–Kier alpha value is -3.41. The van der Waals surface area contributed by atoms with Crippen LogP contribution in [0.25, 0.3) is 11.8 Å². The van der Waals surface area contributed by atoms with Crippen molar-refractivity contribution in [3.63, 3.8) is 0 Å². The summed E-state index contributed by atoms with van der Waals surface area (Å²) in [6, 6.07) is 12.5. The standard InChI is InChI=1S/C23H22FN3O2/c1-15-13-27(14-25-15)20-9-7-16(11-21(20)29-2)8-10-22(28)26-23-18-6-4-3-5-17(18)12-19(23)24/h3-11,13-14,19,23H,12H2,1-2H3,(H,26,28)/t19-,23?/m1/s1. The van der Waals surface area contributed by atoms with E-state index in [0.717, 1.165) is 28.1 Å². The van der Waals surface area contributed by atoms with Crippen LogP contribution in [0, 0.1) is 6.92 Å². The van der Waals surface area contributed by atoms with Crippen LogP contribution in [0.4, 0.5) is 4.39 Å². The molecule has 0 spiro atoms. The highest BCUT2D eigenvalue weighted by Gasteiger charge is 2.32. The number of hydrogen-bond donors (Lipinski definition) is 1. The molecule has 0 fully saturated rings. The quantitative estimate of drug-likeness (QED) is 0.670. The van der Waals surface area contributed by atoms with E-state index in [1.165, 1.54) is 6.08 Å². The molecule has 2 atom stereocenters. The smallest absolute Gasteiger partial charge is 0.244 e. The minimum absolute atomic E-state index is 0.331. The highest BCUT2D eigenvalue weighted by Crippen LogP contribution is 2.33. The molecule has 0 aliphatic heterocycles. The number of aryl methyl sites for hydroxylation is 1. The van der Waals surface area contributed by atoms with Crippen molar-refractivity contribution in [2.45, 2.75) is 25.6 Å². The molecule has 0 radical (unpaired) electrons. The number of amides is 1. The summed E-state index contributed by atoms with van der Waals surface area (Å²) < 4.78 is 21.7. The van der Waals surface area contributed by atoms with Crippen molar-refractivity contribution in [2.24, 2.45) is 0 Å². The SMILES string of the molecule is COc1cc(C=CC(=O)NC2c3ccccc3C[C@H]2F)ccc1-n1cnc(C)c1. The number of benzene rings is 2. The van der Waals surface area contributed by atoms with Crippen molar-refractivity contribution < 1.29 is 13.9 Å². The summed E-state index contributed by atoms with van der Waals surface area (Å²) in [5.74, 6) is 0.334. The van der Waals surface area contributed by atoms with Gasteiger partial charge in [0.25, 0.3) is 0 Å². The third kappa shape index (κ3) is 3.92. The van der Waals surface area contributed by atoms with Gasteiger partial charge in [-0.2, -0.15) is 0 Å². The van der Waals surface area contributed by atoms with Crippen LogP contribution in [0.3, 0.4) is 0 Å². The normalized spacial score (nSPS) is 18.0. The average molecular weight is 391 g/mol. The van der Waals surface area contributed by atoms with Crippen LogP contribution in [0.2, 0.25) is 0 Å². The summed E-state index contributed by atoms with van der Waals surface area (Å²) in [6.45, 7) is 1.92.